The first-order valence-electron chi connectivity index (χ1n) is 3.75. The molecule has 1 N–H and O–H groups in total. The highest BCUT2D eigenvalue weighted by Crippen LogP contribution is 2.22. The average Bonchev–Trinajstić information content (AvgIpc) is 2.20. The van der Waals surface area contributed by atoms with Crippen molar-refractivity contribution >= 4 is 23.2 Å². The maximum Gasteiger partial charge on any atom is 0.252 e. The van der Waals surface area contributed by atoms with Crippen molar-refractivity contribution < 1.29 is 4.79 Å². The minimum atomic E-state index is -0.315. The first kappa shape index (κ1) is 10.4. The second-order valence-electron chi connectivity index (χ2n) is 2.43. The van der Waals surface area contributed by atoms with Gasteiger partial charge in [-0.2, -0.15) is 0 Å². The lowest BCUT2D eigenvalue weighted by Gasteiger charge is -2.02. The first-order valence-corrected chi connectivity index (χ1v) is 4.13. The molecule has 5 nitrogen and oxygen atoms in total. The molecule has 0 aliphatic carbocycles. The topological polar surface area (TPSA) is 77.9 Å². The molecule has 72 valence electrons. The molecule has 0 saturated heterocycles. The summed E-state index contributed by atoms with van der Waals surface area (Å²) >= 11 is 5.77. The van der Waals surface area contributed by atoms with Gasteiger partial charge in [-0.15, -0.1) is 0 Å². The van der Waals surface area contributed by atoms with Gasteiger partial charge in [0, 0.05) is 17.6 Å². The molecule has 1 rings (SSSR count). The van der Waals surface area contributed by atoms with E-state index in [9.17, 15) is 4.79 Å². The number of benzene rings is 1. The number of amides is 1. The monoisotopic (exact) mass is 210 g/mol. The Morgan fingerprint density at radius 3 is 2.93 bits per heavy atom. The van der Waals surface area contributed by atoms with Crippen molar-refractivity contribution in [3.63, 3.8) is 0 Å². The SMILES string of the molecule is CNC(=O)c1cc(N=[N+]=[N-])ccc1Cl. The molecule has 0 bridgehead atoms. The summed E-state index contributed by atoms with van der Waals surface area (Å²) in [6, 6.07) is 4.48. The zero-order valence-corrected chi connectivity index (χ0v) is 8.12. The molecule has 0 unspecified atom stereocenters. The van der Waals surface area contributed by atoms with Crippen molar-refractivity contribution in [2.45, 2.75) is 0 Å². The van der Waals surface area contributed by atoms with Gasteiger partial charge in [0.1, 0.15) is 0 Å². The zero-order chi connectivity index (χ0) is 10.6. The van der Waals surface area contributed by atoms with Crippen LogP contribution in [0, 0.1) is 0 Å². The Balaban J connectivity index is 3.20. The fraction of sp³-hybridized carbons (Fsp3) is 0.125. The van der Waals surface area contributed by atoms with Gasteiger partial charge in [0.25, 0.3) is 5.91 Å². The van der Waals surface area contributed by atoms with Crippen molar-refractivity contribution in [3.05, 3.63) is 39.2 Å². The molecule has 1 aromatic carbocycles. The summed E-state index contributed by atoms with van der Waals surface area (Å²) in [5.41, 5.74) is 8.85. The van der Waals surface area contributed by atoms with E-state index in [1.165, 1.54) is 25.2 Å². The second kappa shape index (κ2) is 4.50. The Kier molecular flexibility index (Phi) is 3.34. The maximum atomic E-state index is 11.3. The van der Waals surface area contributed by atoms with Gasteiger partial charge in [-0.05, 0) is 17.7 Å². The van der Waals surface area contributed by atoms with Gasteiger partial charge < -0.3 is 5.32 Å². The molecule has 0 fully saturated rings. The Morgan fingerprint density at radius 1 is 1.64 bits per heavy atom. The summed E-state index contributed by atoms with van der Waals surface area (Å²) in [4.78, 5) is 13.9. The summed E-state index contributed by atoms with van der Waals surface area (Å²) in [6.45, 7) is 0. The van der Waals surface area contributed by atoms with Gasteiger partial charge >= 0.3 is 0 Å². The predicted molar refractivity (Wildman–Crippen MR) is 53.6 cm³/mol. The number of halogens is 1. The minimum absolute atomic E-state index is 0.291. The van der Waals surface area contributed by atoms with Crippen LogP contribution in [0.4, 0.5) is 5.69 Å². The van der Waals surface area contributed by atoms with Gasteiger partial charge in [-0.3, -0.25) is 4.79 Å². The molecule has 0 aliphatic rings. The first-order chi connectivity index (χ1) is 6.69. The Bertz CT molecular complexity index is 412. The maximum absolute atomic E-state index is 11.3. The van der Waals surface area contributed by atoms with Crippen molar-refractivity contribution in [3.8, 4) is 0 Å². The summed E-state index contributed by atoms with van der Waals surface area (Å²) in [5, 5.41) is 6.12. The Hall–Kier alpha value is -1.71. The summed E-state index contributed by atoms with van der Waals surface area (Å²) in [5.74, 6) is -0.315. The molecule has 0 saturated carbocycles. The van der Waals surface area contributed by atoms with Crippen molar-refractivity contribution in [1.82, 2.24) is 5.32 Å². The molecule has 0 aromatic heterocycles. The van der Waals surface area contributed by atoms with E-state index in [-0.39, 0.29) is 5.91 Å². The zero-order valence-electron chi connectivity index (χ0n) is 7.36. The molecule has 0 spiro atoms. The van der Waals surface area contributed by atoms with E-state index >= 15 is 0 Å². The summed E-state index contributed by atoms with van der Waals surface area (Å²) in [7, 11) is 1.50. The number of nitrogens with one attached hydrogen (secondary N) is 1. The van der Waals surface area contributed by atoms with Gasteiger partial charge in [0.2, 0.25) is 0 Å². The van der Waals surface area contributed by atoms with Crippen LogP contribution in [0.15, 0.2) is 23.3 Å². The second-order valence-corrected chi connectivity index (χ2v) is 2.84. The number of carbonyl (C=O) groups excluding carboxylic acids is 1. The average molecular weight is 211 g/mol. The van der Waals surface area contributed by atoms with Crippen LogP contribution in [-0.2, 0) is 0 Å². The number of hydrogen-bond donors (Lipinski definition) is 1. The largest absolute Gasteiger partial charge is 0.355 e. The third-order valence-electron chi connectivity index (χ3n) is 1.58. The molecule has 0 radical (unpaired) electrons. The van der Waals surface area contributed by atoms with Crippen LogP contribution in [0.1, 0.15) is 10.4 Å². The molecule has 6 heteroatoms. The van der Waals surface area contributed by atoms with Crippen LogP contribution >= 0.6 is 11.6 Å². The van der Waals surface area contributed by atoms with Crippen LogP contribution in [0.25, 0.3) is 10.4 Å². The van der Waals surface area contributed by atoms with Crippen molar-refractivity contribution in [1.29, 1.82) is 0 Å². The molecule has 0 aliphatic heterocycles. The van der Waals surface area contributed by atoms with Crippen molar-refractivity contribution in [2.24, 2.45) is 5.11 Å². The molecule has 0 heterocycles. The highest BCUT2D eigenvalue weighted by Gasteiger charge is 2.08. The van der Waals surface area contributed by atoms with Gasteiger partial charge in [-0.25, -0.2) is 0 Å². The smallest absolute Gasteiger partial charge is 0.252 e. The van der Waals surface area contributed by atoms with E-state index in [1.807, 2.05) is 0 Å². The number of azide groups is 1. The molecule has 0 atom stereocenters. The van der Waals surface area contributed by atoms with Crippen molar-refractivity contribution in [2.75, 3.05) is 7.05 Å². The Morgan fingerprint density at radius 2 is 2.36 bits per heavy atom. The fourth-order valence-electron chi connectivity index (χ4n) is 0.936. The predicted octanol–water partition coefficient (Wildman–Crippen LogP) is 2.64. The van der Waals surface area contributed by atoms with E-state index in [0.717, 1.165) is 0 Å². The van der Waals surface area contributed by atoms with Gasteiger partial charge in [-0.1, -0.05) is 22.8 Å². The normalized spacial score (nSPS) is 9.00. The number of rotatable bonds is 2. The lowest BCUT2D eigenvalue weighted by molar-refractivity contribution is 0.0963. The lowest BCUT2D eigenvalue weighted by Crippen LogP contribution is -2.17. The van der Waals surface area contributed by atoms with Gasteiger partial charge in [0.05, 0.1) is 10.6 Å². The van der Waals surface area contributed by atoms with Crippen LogP contribution < -0.4 is 5.32 Å². The van der Waals surface area contributed by atoms with E-state index < -0.39 is 0 Å². The number of carbonyl (C=O) groups is 1. The third-order valence-corrected chi connectivity index (χ3v) is 1.91. The van der Waals surface area contributed by atoms with E-state index in [1.54, 1.807) is 0 Å². The molecule has 1 amide bonds. The Labute approximate surface area is 85.3 Å². The highest BCUT2D eigenvalue weighted by molar-refractivity contribution is 6.33. The minimum Gasteiger partial charge on any atom is -0.355 e. The van der Waals surface area contributed by atoms with E-state index in [0.29, 0.717) is 16.3 Å². The fourth-order valence-corrected chi connectivity index (χ4v) is 1.14. The van der Waals surface area contributed by atoms with E-state index in [2.05, 4.69) is 15.3 Å². The van der Waals surface area contributed by atoms with E-state index in [4.69, 9.17) is 17.1 Å². The molecular formula is C8H7ClN4O. The molecule has 1 aromatic rings. The number of nitrogens with zero attached hydrogens (tertiary/aromatic N) is 3. The third kappa shape index (κ3) is 2.16. The van der Waals surface area contributed by atoms with Crippen LogP contribution in [0.3, 0.4) is 0 Å². The van der Waals surface area contributed by atoms with Crippen LogP contribution in [0.5, 0.6) is 0 Å². The van der Waals surface area contributed by atoms with Crippen LogP contribution in [0.2, 0.25) is 5.02 Å². The summed E-state index contributed by atoms with van der Waals surface area (Å²) < 4.78 is 0. The molecular weight excluding hydrogens is 204 g/mol. The van der Waals surface area contributed by atoms with Gasteiger partial charge in [0.15, 0.2) is 0 Å². The van der Waals surface area contributed by atoms with Crippen LogP contribution in [-0.4, -0.2) is 13.0 Å². The summed E-state index contributed by atoms with van der Waals surface area (Å²) in [6.07, 6.45) is 0. The molecule has 14 heavy (non-hydrogen) atoms. The standard InChI is InChI=1S/C8H7ClN4O/c1-11-8(14)6-4-5(12-13-10)2-3-7(6)9/h2-4H,1H3,(H,11,14). The quantitative estimate of drug-likeness (QED) is 0.455. The lowest BCUT2D eigenvalue weighted by atomic mass is 10.2. The highest BCUT2D eigenvalue weighted by atomic mass is 35.5. The number of hydrogen-bond acceptors (Lipinski definition) is 2.